The molecule has 0 spiro atoms. The molecule has 4 aliphatic rings. The molecule has 4 bridgehead atoms. The predicted molar refractivity (Wildman–Crippen MR) is 172 cm³/mol. The fourth-order valence-electron chi connectivity index (χ4n) is 8.37. The lowest BCUT2D eigenvalue weighted by molar-refractivity contribution is -0.140. The number of hydrogen-bond acceptors (Lipinski definition) is 4. The molecule has 4 fully saturated rings. The highest BCUT2D eigenvalue weighted by Gasteiger charge is 2.51. The summed E-state index contributed by atoms with van der Waals surface area (Å²) in [7, 11) is -3.77. The number of rotatable bonds is 12. The van der Waals surface area contributed by atoms with Crippen LogP contribution in [0.15, 0.2) is 48.5 Å². The molecular weight excluding hydrogens is 558 g/mol. The first-order valence-electron chi connectivity index (χ1n) is 16.1. The molecule has 0 heterocycles. The molecule has 0 radical (unpaired) electrons. The topological polar surface area (TPSA) is 86.8 Å². The van der Waals surface area contributed by atoms with Crippen molar-refractivity contribution < 1.29 is 18.0 Å². The third kappa shape index (κ3) is 6.95. The number of anilines is 1. The predicted octanol–water partition coefficient (Wildman–Crippen LogP) is 5.81. The summed E-state index contributed by atoms with van der Waals surface area (Å²) in [6.07, 6.45) is 9.37. The SMILES string of the molecule is CC[C@H](C(=O)NCC(C)C)N(Cc1ccccc1C)C(=O)CN(c1ccc(C23CC4CC(CC(C4)C2)C3)cc1)S(C)(=O)=O. The van der Waals surface area contributed by atoms with Gasteiger partial charge in [0.05, 0.1) is 11.9 Å². The van der Waals surface area contributed by atoms with E-state index in [0.717, 1.165) is 35.1 Å². The highest BCUT2D eigenvalue weighted by Crippen LogP contribution is 2.60. The van der Waals surface area contributed by atoms with Crippen LogP contribution in [-0.4, -0.2) is 50.5 Å². The number of hydrogen-bond donors (Lipinski definition) is 1. The van der Waals surface area contributed by atoms with Gasteiger partial charge >= 0.3 is 0 Å². The van der Waals surface area contributed by atoms with Gasteiger partial charge in [-0.2, -0.15) is 0 Å². The lowest BCUT2D eigenvalue weighted by Crippen LogP contribution is -2.52. The van der Waals surface area contributed by atoms with E-state index in [9.17, 15) is 18.0 Å². The average molecular weight is 608 g/mol. The van der Waals surface area contributed by atoms with Crippen molar-refractivity contribution in [1.29, 1.82) is 0 Å². The number of sulfonamides is 1. The van der Waals surface area contributed by atoms with Gasteiger partial charge in [0.2, 0.25) is 21.8 Å². The summed E-state index contributed by atoms with van der Waals surface area (Å²) >= 11 is 0. The Hall–Kier alpha value is -2.87. The number of aryl methyl sites for hydroxylation is 1. The lowest BCUT2D eigenvalue weighted by Gasteiger charge is -2.57. The Morgan fingerprint density at radius 2 is 1.53 bits per heavy atom. The van der Waals surface area contributed by atoms with E-state index in [2.05, 4.69) is 17.4 Å². The molecule has 4 saturated carbocycles. The Morgan fingerprint density at radius 3 is 2.05 bits per heavy atom. The Morgan fingerprint density at radius 1 is 0.953 bits per heavy atom. The first kappa shape index (κ1) is 31.6. The highest BCUT2D eigenvalue weighted by atomic mass is 32.2. The molecule has 2 aromatic rings. The number of carbonyl (C=O) groups excluding carboxylic acids is 2. The Labute approximate surface area is 258 Å². The number of benzene rings is 2. The van der Waals surface area contributed by atoms with Crippen LogP contribution in [0.4, 0.5) is 5.69 Å². The minimum atomic E-state index is -3.77. The maximum atomic E-state index is 14.1. The van der Waals surface area contributed by atoms with Crippen LogP contribution in [-0.2, 0) is 31.6 Å². The summed E-state index contributed by atoms with van der Waals surface area (Å²) in [5.41, 5.74) is 3.94. The lowest BCUT2D eigenvalue weighted by atomic mass is 9.48. The minimum absolute atomic E-state index is 0.209. The summed E-state index contributed by atoms with van der Waals surface area (Å²) in [4.78, 5) is 28.9. The standard InChI is InChI=1S/C35H49N3O4S/c1-6-32(34(40)36-21-24(2)3)37(22-29-10-8-7-9-25(29)4)33(39)23-38(43(5,41)42)31-13-11-30(12-14-31)35-18-26-15-27(19-35)17-28(16-26)20-35/h7-14,24,26-28,32H,6,15-23H2,1-5H3,(H,36,40)/t26?,27?,28?,32-,35?/m1/s1. The van der Waals surface area contributed by atoms with E-state index in [-0.39, 0.29) is 30.3 Å². The van der Waals surface area contributed by atoms with Crippen LogP contribution in [0.2, 0.25) is 0 Å². The average Bonchev–Trinajstić information content (AvgIpc) is 2.94. The van der Waals surface area contributed by atoms with Crippen molar-refractivity contribution in [1.82, 2.24) is 10.2 Å². The van der Waals surface area contributed by atoms with Gasteiger partial charge in [-0.1, -0.05) is 57.2 Å². The van der Waals surface area contributed by atoms with Gasteiger partial charge in [0.15, 0.2) is 0 Å². The Kier molecular flexibility index (Phi) is 9.26. The van der Waals surface area contributed by atoms with Crippen LogP contribution < -0.4 is 9.62 Å². The molecule has 0 aliphatic heterocycles. The first-order valence-corrected chi connectivity index (χ1v) is 17.9. The molecule has 234 valence electrons. The smallest absolute Gasteiger partial charge is 0.244 e. The third-order valence-corrected chi connectivity index (χ3v) is 11.3. The van der Waals surface area contributed by atoms with Crippen molar-refractivity contribution in [2.75, 3.05) is 23.7 Å². The number of amides is 2. The van der Waals surface area contributed by atoms with Gasteiger partial charge in [0, 0.05) is 13.1 Å². The quantitative estimate of drug-likeness (QED) is 0.330. The number of nitrogens with one attached hydrogen (secondary N) is 1. The van der Waals surface area contributed by atoms with E-state index in [1.54, 1.807) is 4.90 Å². The molecule has 0 aromatic heterocycles. The van der Waals surface area contributed by atoms with Gasteiger partial charge in [-0.25, -0.2) is 8.42 Å². The first-order chi connectivity index (χ1) is 20.4. The molecule has 1 atom stereocenters. The van der Waals surface area contributed by atoms with Crippen LogP contribution in [0.5, 0.6) is 0 Å². The van der Waals surface area contributed by atoms with Crippen LogP contribution in [0.25, 0.3) is 0 Å². The van der Waals surface area contributed by atoms with Crippen LogP contribution in [0, 0.1) is 30.6 Å². The zero-order valence-corrected chi connectivity index (χ0v) is 27.3. The molecule has 4 aliphatic carbocycles. The molecule has 7 nitrogen and oxygen atoms in total. The normalized spacial score (nSPS) is 25.0. The van der Waals surface area contributed by atoms with Crippen LogP contribution in [0.1, 0.15) is 82.4 Å². The minimum Gasteiger partial charge on any atom is -0.354 e. The van der Waals surface area contributed by atoms with Crippen molar-refractivity contribution >= 4 is 27.5 Å². The summed E-state index contributed by atoms with van der Waals surface area (Å²) in [6, 6.07) is 15.0. The number of nitrogens with zero attached hydrogens (tertiary/aromatic N) is 2. The van der Waals surface area contributed by atoms with Gasteiger partial charge in [-0.05, 0) is 110 Å². The molecule has 0 saturated heterocycles. The van der Waals surface area contributed by atoms with Crippen molar-refractivity contribution in [2.45, 2.75) is 90.6 Å². The largest absolute Gasteiger partial charge is 0.354 e. The summed E-state index contributed by atoms with van der Waals surface area (Å²) in [5.74, 6) is 2.11. The van der Waals surface area contributed by atoms with E-state index in [4.69, 9.17) is 0 Å². The summed E-state index contributed by atoms with van der Waals surface area (Å²) in [5, 5.41) is 2.98. The summed E-state index contributed by atoms with van der Waals surface area (Å²) in [6.45, 7) is 8.28. The molecule has 1 N–H and O–H groups in total. The van der Waals surface area contributed by atoms with E-state index in [1.807, 2.05) is 64.1 Å². The second kappa shape index (κ2) is 12.6. The van der Waals surface area contributed by atoms with E-state index in [1.165, 1.54) is 48.4 Å². The van der Waals surface area contributed by atoms with Crippen molar-refractivity contribution in [3.63, 3.8) is 0 Å². The fraction of sp³-hybridized carbons (Fsp3) is 0.600. The number of carbonyl (C=O) groups is 2. The fourth-order valence-corrected chi connectivity index (χ4v) is 9.22. The summed E-state index contributed by atoms with van der Waals surface area (Å²) < 4.78 is 27.5. The van der Waals surface area contributed by atoms with E-state index in [0.29, 0.717) is 18.7 Å². The van der Waals surface area contributed by atoms with Gasteiger partial charge in [0.25, 0.3) is 0 Å². The Bertz CT molecular complexity index is 1380. The third-order valence-electron chi connectivity index (χ3n) is 10.2. The van der Waals surface area contributed by atoms with Crippen molar-refractivity contribution in [2.24, 2.45) is 23.7 Å². The van der Waals surface area contributed by atoms with Gasteiger partial charge in [-0.15, -0.1) is 0 Å². The van der Waals surface area contributed by atoms with Gasteiger partial charge in [0.1, 0.15) is 12.6 Å². The molecule has 2 amide bonds. The zero-order valence-electron chi connectivity index (χ0n) is 26.5. The van der Waals surface area contributed by atoms with Crippen LogP contribution in [0.3, 0.4) is 0 Å². The van der Waals surface area contributed by atoms with E-state index < -0.39 is 22.0 Å². The zero-order chi connectivity index (χ0) is 30.9. The highest BCUT2D eigenvalue weighted by molar-refractivity contribution is 7.92. The molecule has 0 unspecified atom stereocenters. The maximum Gasteiger partial charge on any atom is 0.244 e. The Balaban J connectivity index is 1.40. The molecule has 43 heavy (non-hydrogen) atoms. The van der Waals surface area contributed by atoms with Crippen molar-refractivity contribution in [3.05, 3.63) is 65.2 Å². The molecule has 8 heteroatoms. The monoisotopic (exact) mass is 607 g/mol. The van der Waals surface area contributed by atoms with E-state index >= 15 is 0 Å². The van der Waals surface area contributed by atoms with Crippen LogP contribution >= 0.6 is 0 Å². The second-order valence-electron chi connectivity index (χ2n) is 14.0. The van der Waals surface area contributed by atoms with Crippen molar-refractivity contribution in [3.8, 4) is 0 Å². The molecule has 2 aromatic carbocycles. The second-order valence-corrected chi connectivity index (χ2v) is 15.9. The van der Waals surface area contributed by atoms with Gasteiger partial charge in [-0.3, -0.25) is 13.9 Å². The molecule has 6 rings (SSSR count). The van der Waals surface area contributed by atoms with Gasteiger partial charge < -0.3 is 10.2 Å². The molecular formula is C35H49N3O4S. The maximum absolute atomic E-state index is 14.1.